The molecule has 0 atom stereocenters. The van der Waals surface area contributed by atoms with Gasteiger partial charge in [-0.3, -0.25) is 0 Å². The number of rotatable bonds is 3. The van der Waals surface area contributed by atoms with E-state index in [1.54, 1.807) is 7.11 Å². The van der Waals surface area contributed by atoms with Gasteiger partial charge in [-0.25, -0.2) is 0 Å². The molecule has 0 fully saturated rings. The third-order valence-electron chi connectivity index (χ3n) is 3.74. The molecule has 1 heteroatoms. The largest absolute Gasteiger partial charge is 0.497 e. The molecule has 3 rings (SSSR count). The summed E-state index contributed by atoms with van der Waals surface area (Å²) in [6.07, 6.45) is 1.08. The fraction of sp³-hybridized carbons (Fsp3) is 0.158. The summed E-state index contributed by atoms with van der Waals surface area (Å²) in [7, 11) is 1.69. The first-order valence-corrected chi connectivity index (χ1v) is 6.97. The van der Waals surface area contributed by atoms with E-state index in [2.05, 4.69) is 55.5 Å². The van der Waals surface area contributed by atoms with E-state index in [0.717, 1.165) is 12.2 Å². The molecule has 0 amide bonds. The van der Waals surface area contributed by atoms with Crippen LogP contribution in [0.4, 0.5) is 0 Å². The minimum atomic E-state index is 0.891. The van der Waals surface area contributed by atoms with Crippen LogP contribution in [0.2, 0.25) is 0 Å². The number of hydrogen-bond acceptors (Lipinski definition) is 1. The second kappa shape index (κ2) is 5.38. The number of fused-ring (bicyclic) bond motifs is 1. The van der Waals surface area contributed by atoms with Gasteiger partial charge in [0, 0.05) is 0 Å². The molecule has 0 heterocycles. The SMILES string of the molecule is CCc1ccc2cc(-c3ccc(OC)cc3)ccc2c1. The molecule has 0 aromatic heterocycles. The van der Waals surface area contributed by atoms with Crippen LogP contribution in [0, 0.1) is 0 Å². The Hall–Kier alpha value is -2.28. The minimum absolute atomic E-state index is 0.891. The number of methoxy groups -OCH3 is 1. The third-order valence-corrected chi connectivity index (χ3v) is 3.74. The zero-order chi connectivity index (χ0) is 13.9. The van der Waals surface area contributed by atoms with E-state index >= 15 is 0 Å². The Bertz CT molecular complexity index is 726. The highest BCUT2D eigenvalue weighted by atomic mass is 16.5. The van der Waals surface area contributed by atoms with E-state index in [4.69, 9.17) is 4.74 Å². The zero-order valence-electron chi connectivity index (χ0n) is 11.9. The molecule has 0 unspecified atom stereocenters. The fourth-order valence-corrected chi connectivity index (χ4v) is 2.48. The molecule has 0 spiro atoms. The van der Waals surface area contributed by atoms with Crippen molar-refractivity contribution >= 4 is 10.8 Å². The van der Waals surface area contributed by atoms with Crippen molar-refractivity contribution in [3.8, 4) is 16.9 Å². The first kappa shape index (κ1) is 12.7. The molecule has 0 saturated carbocycles. The lowest BCUT2D eigenvalue weighted by Crippen LogP contribution is -1.84. The average Bonchev–Trinajstić information content (AvgIpc) is 2.54. The van der Waals surface area contributed by atoms with Gasteiger partial charge in [-0.2, -0.15) is 0 Å². The minimum Gasteiger partial charge on any atom is -0.497 e. The van der Waals surface area contributed by atoms with Crippen LogP contribution in [0.1, 0.15) is 12.5 Å². The quantitative estimate of drug-likeness (QED) is 0.639. The molecule has 0 N–H and O–H groups in total. The van der Waals surface area contributed by atoms with Gasteiger partial charge in [-0.1, -0.05) is 49.4 Å². The van der Waals surface area contributed by atoms with Crippen molar-refractivity contribution in [2.45, 2.75) is 13.3 Å². The first-order chi connectivity index (χ1) is 9.80. The predicted molar refractivity (Wildman–Crippen MR) is 85.3 cm³/mol. The number of hydrogen-bond donors (Lipinski definition) is 0. The third kappa shape index (κ3) is 2.39. The summed E-state index contributed by atoms with van der Waals surface area (Å²) >= 11 is 0. The van der Waals surface area contributed by atoms with Crippen molar-refractivity contribution in [3.63, 3.8) is 0 Å². The first-order valence-electron chi connectivity index (χ1n) is 6.97. The normalized spacial score (nSPS) is 10.7. The highest BCUT2D eigenvalue weighted by molar-refractivity contribution is 5.87. The highest BCUT2D eigenvalue weighted by Gasteiger charge is 2.01. The summed E-state index contributed by atoms with van der Waals surface area (Å²) in [4.78, 5) is 0. The summed E-state index contributed by atoms with van der Waals surface area (Å²) in [5.41, 5.74) is 3.84. The van der Waals surface area contributed by atoms with Gasteiger partial charge in [0.2, 0.25) is 0 Å². The van der Waals surface area contributed by atoms with Gasteiger partial charge in [0.05, 0.1) is 7.11 Å². The highest BCUT2D eigenvalue weighted by Crippen LogP contribution is 2.26. The molecule has 1 nitrogen and oxygen atoms in total. The predicted octanol–water partition coefficient (Wildman–Crippen LogP) is 5.08. The molecule has 0 radical (unpaired) electrons. The van der Waals surface area contributed by atoms with E-state index in [0.29, 0.717) is 0 Å². The van der Waals surface area contributed by atoms with Crippen molar-refractivity contribution < 1.29 is 4.74 Å². The average molecular weight is 262 g/mol. The van der Waals surface area contributed by atoms with Gasteiger partial charge in [0.1, 0.15) is 5.75 Å². The molecular formula is C19H18O. The summed E-state index contributed by atoms with van der Waals surface area (Å²) in [5, 5.41) is 2.59. The Morgan fingerprint density at radius 3 is 2.10 bits per heavy atom. The maximum Gasteiger partial charge on any atom is 0.118 e. The van der Waals surface area contributed by atoms with Crippen LogP contribution in [0.15, 0.2) is 60.7 Å². The summed E-state index contributed by atoms with van der Waals surface area (Å²) in [5.74, 6) is 0.891. The molecule has 3 aromatic rings. The summed E-state index contributed by atoms with van der Waals surface area (Å²) in [6, 6.07) is 21.5. The molecule has 3 aromatic carbocycles. The maximum atomic E-state index is 5.20. The van der Waals surface area contributed by atoms with E-state index in [1.807, 2.05) is 12.1 Å². The second-order valence-electron chi connectivity index (χ2n) is 4.98. The van der Waals surface area contributed by atoms with Crippen LogP contribution >= 0.6 is 0 Å². The Morgan fingerprint density at radius 2 is 1.40 bits per heavy atom. The van der Waals surface area contributed by atoms with Gasteiger partial charge in [-0.15, -0.1) is 0 Å². The smallest absolute Gasteiger partial charge is 0.118 e. The monoisotopic (exact) mass is 262 g/mol. The fourth-order valence-electron chi connectivity index (χ4n) is 2.48. The standard InChI is InChI=1S/C19H18O/c1-3-14-4-5-18-13-17(7-6-16(18)12-14)15-8-10-19(20-2)11-9-15/h4-13H,3H2,1-2H3. The number of benzene rings is 3. The van der Waals surface area contributed by atoms with Crippen molar-refractivity contribution in [1.29, 1.82) is 0 Å². The van der Waals surface area contributed by atoms with E-state index < -0.39 is 0 Å². The Labute approximate surface area is 119 Å². The van der Waals surface area contributed by atoms with E-state index in [9.17, 15) is 0 Å². The second-order valence-corrected chi connectivity index (χ2v) is 4.98. The lowest BCUT2D eigenvalue weighted by molar-refractivity contribution is 0.415. The van der Waals surface area contributed by atoms with E-state index in [-0.39, 0.29) is 0 Å². The summed E-state index contributed by atoms with van der Waals surface area (Å²) < 4.78 is 5.20. The van der Waals surface area contributed by atoms with Crippen LogP contribution < -0.4 is 4.74 Å². The zero-order valence-corrected chi connectivity index (χ0v) is 11.9. The van der Waals surface area contributed by atoms with Crippen molar-refractivity contribution in [3.05, 3.63) is 66.2 Å². The Kier molecular flexibility index (Phi) is 3.42. The van der Waals surface area contributed by atoms with E-state index in [1.165, 1.54) is 27.5 Å². The molecule has 0 aliphatic carbocycles. The Morgan fingerprint density at radius 1 is 0.750 bits per heavy atom. The van der Waals surface area contributed by atoms with Gasteiger partial charge in [0.25, 0.3) is 0 Å². The number of aryl methyl sites for hydroxylation is 1. The summed E-state index contributed by atoms with van der Waals surface area (Å²) in [6.45, 7) is 2.19. The molecule has 100 valence electrons. The molecule has 20 heavy (non-hydrogen) atoms. The van der Waals surface area contributed by atoms with Crippen molar-refractivity contribution in [1.82, 2.24) is 0 Å². The van der Waals surface area contributed by atoms with Gasteiger partial charge in [0.15, 0.2) is 0 Å². The number of ether oxygens (including phenoxy) is 1. The van der Waals surface area contributed by atoms with Gasteiger partial charge < -0.3 is 4.74 Å². The molecule has 0 aliphatic heterocycles. The van der Waals surface area contributed by atoms with Gasteiger partial charge >= 0.3 is 0 Å². The molecule has 0 saturated heterocycles. The molecule has 0 aliphatic rings. The molecular weight excluding hydrogens is 244 g/mol. The topological polar surface area (TPSA) is 9.23 Å². The van der Waals surface area contributed by atoms with Crippen LogP contribution in [-0.2, 0) is 6.42 Å². The Balaban J connectivity index is 2.03. The van der Waals surface area contributed by atoms with Crippen molar-refractivity contribution in [2.24, 2.45) is 0 Å². The van der Waals surface area contributed by atoms with Crippen LogP contribution in [0.25, 0.3) is 21.9 Å². The van der Waals surface area contributed by atoms with Crippen LogP contribution in [-0.4, -0.2) is 7.11 Å². The lowest BCUT2D eigenvalue weighted by atomic mass is 9.99. The maximum absolute atomic E-state index is 5.20. The van der Waals surface area contributed by atoms with Gasteiger partial charge in [-0.05, 0) is 52.1 Å². The van der Waals surface area contributed by atoms with Crippen molar-refractivity contribution in [2.75, 3.05) is 7.11 Å². The van der Waals surface area contributed by atoms with Crippen LogP contribution in [0.3, 0.4) is 0 Å². The van der Waals surface area contributed by atoms with Crippen LogP contribution in [0.5, 0.6) is 5.75 Å². The lowest BCUT2D eigenvalue weighted by Gasteiger charge is -2.07. The molecule has 0 bridgehead atoms.